The van der Waals surface area contributed by atoms with E-state index >= 15 is 0 Å². The maximum atomic E-state index is 12.8. The minimum absolute atomic E-state index is 0.00903. The summed E-state index contributed by atoms with van der Waals surface area (Å²) in [6, 6.07) is 8.45. The third-order valence-corrected chi connectivity index (χ3v) is 5.02. The number of carbonyl (C=O) groups is 1. The molecule has 20 heavy (non-hydrogen) atoms. The Labute approximate surface area is 120 Å². The van der Waals surface area contributed by atoms with Gasteiger partial charge in [0.25, 0.3) is 0 Å². The average Bonchev–Trinajstić information content (AvgIpc) is 2.47. The molecule has 0 spiro atoms. The van der Waals surface area contributed by atoms with Crippen LogP contribution in [0.5, 0.6) is 0 Å². The molecule has 0 N–H and O–H groups in total. The zero-order valence-corrected chi connectivity index (χ0v) is 12.4. The van der Waals surface area contributed by atoms with Crippen molar-refractivity contribution in [1.29, 1.82) is 0 Å². The highest BCUT2D eigenvalue weighted by molar-refractivity contribution is 5.85. The Kier molecular flexibility index (Phi) is 3.55. The van der Waals surface area contributed by atoms with Crippen LogP contribution in [0.1, 0.15) is 30.9 Å². The quantitative estimate of drug-likeness (QED) is 0.775. The Bertz CT molecular complexity index is 513. The second-order valence-corrected chi connectivity index (χ2v) is 6.10. The zero-order chi connectivity index (χ0) is 14.2. The van der Waals surface area contributed by atoms with Crippen LogP contribution < -0.4 is 0 Å². The van der Waals surface area contributed by atoms with Crippen LogP contribution in [0.25, 0.3) is 0 Å². The molecule has 3 rings (SSSR count). The lowest BCUT2D eigenvalue weighted by molar-refractivity contribution is -0.156. The maximum absolute atomic E-state index is 12.8. The fourth-order valence-corrected chi connectivity index (χ4v) is 4.03. The van der Waals surface area contributed by atoms with Crippen LogP contribution in [0.15, 0.2) is 24.3 Å². The van der Waals surface area contributed by atoms with Crippen LogP contribution in [0.3, 0.4) is 0 Å². The van der Waals surface area contributed by atoms with Gasteiger partial charge < -0.3 is 9.64 Å². The maximum Gasteiger partial charge on any atom is 0.316 e. The molecule has 3 heteroatoms. The van der Waals surface area contributed by atoms with E-state index in [-0.39, 0.29) is 5.97 Å². The van der Waals surface area contributed by atoms with E-state index in [2.05, 4.69) is 36.2 Å². The summed E-state index contributed by atoms with van der Waals surface area (Å²) in [5.74, 6) is 0.375. The number of esters is 1. The fourth-order valence-electron chi connectivity index (χ4n) is 4.03. The number of piperidine rings is 1. The van der Waals surface area contributed by atoms with Crippen LogP contribution in [-0.2, 0) is 21.4 Å². The van der Waals surface area contributed by atoms with E-state index in [1.165, 1.54) is 11.1 Å². The number of nitrogens with zero attached hydrogens (tertiary/aromatic N) is 1. The van der Waals surface area contributed by atoms with Gasteiger partial charge in [0.15, 0.2) is 0 Å². The standard InChI is InChI=1S/C17H23NO2/c1-3-20-16(19)17-10-11-18(2)12-14(17)9-8-13-6-4-5-7-15(13)17/h4-7,14H,3,8-12H2,1-2H3/t14-,17+/m0/s1. The molecule has 1 saturated heterocycles. The Balaban J connectivity index is 2.09. The largest absolute Gasteiger partial charge is 0.465 e. The van der Waals surface area contributed by atoms with Crippen molar-refractivity contribution in [2.45, 2.75) is 31.6 Å². The molecule has 0 aromatic heterocycles. The highest BCUT2D eigenvalue weighted by Crippen LogP contribution is 2.47. The lowest BCUT2D eigenvalue weighted by atomic mass is 9.60. The molecule has 0 amide bonds. The van der Waals surface area contributed by atoms with Crippen LogP contribution in [-0.4, -0.2) is 37.6 Å². The van der Waals surface area contributed by atoms with Crippen molar-refractivity contribution in [2.24, 2.45) is 5.92 Å². The summed E-state index contributed by atoms with van der Waals surface area (Å²) in [7, 11) is 2.15. The minimum atomic E-state index is -0.405. The number of hydrogen-bond acceptors (Lipinski definition) is 3. The molecule has 0 unspecified atom stereocenters. The lowest BCUT2D eigenvalue weighted by Crippen LogP contribution is -2.55. The van der Waals surface area contributed by atoms with Gasteiger partial charge in [-0.1, -0.05) is 24.3 Å². The van der Waals surface area contributed by atoms with Crippen molar-refractivity contribution >= 4 is 5.97 Å². The number of fused-ring (bicyclic) bond motifs is 3. The first kappa shape index (κ1) is 13.6. The molecular formula is C17H23NO2. The van der Waals surface area contributed by atoms with Gasteiger partial charge in [0.1, 0.15) is 0 Å². The average molecular weight is 273 g/mol. The number of benzene rings is 1. The fraction of sp³-hybridized carbons (Fsp3) is 0.588. The number of ether oxygens (including phenoxy) is 1. The van der Waals surface area contributed by atoms with Gasteiger partial charge in [-0.2, -0.15) is 0 Å². The topological polar surface area (TPSA) is 29.5 Å². The van der Waals surface area contributed by atoms with Crippen molar-refractivity contribution in [3.05, 3.63) is 35.4 Å². The number of carbonyl (C=O) groups excluding carboxylic acids is 1. The van der Waals surface area contributed by atoms with Crippen LogP contribution in [0, 0.1) is 5.92 Å². The molecule has 3 nitrogen and oxygen atoms in total. The molecule has 108 valence electrons. The summed E-state index contributed by atoms with van der Waals surface area (Å²) in [5, 5.41) is 0. The highest BCUT2D eigenvalue weighted by Gasteiger charge is 2.53. The molecule has 0 bridgehead atoms. The molecule has 1 aromatic carbocycles. The van der Waals surface area contributed by atoms with Crippen LogP contribution in [0.4, 0.5) is 0 Å². The number of aryl methyl sites for hydroxylation is 1. The first-order valence-corrected chi connectivity index (χ1v) is 7.62. The zero-order valence-electron chi connectivity index (χ0n) is 12.4. The SMILES string of the molecule is CCOC(=O)[C@]12CCN(C)C[C@@H]1CCc1ccccc12. The van der Waals surface area contributed by atoms with Crippen molar-refractivity contribution in [2.75, 3.05) is 26.7 Å². The summed E-state index contributed by atoms with van der Waals surface area (Å²) in [5.41, 5.74) is 2.15. The normalized spacial score (nSPS) is 29.4. The van der Waals surface area contributed by atoms with E-state index < -0.39 is 5.41 Å². The molecule has 0 radical (unpaired) electrons. The van der Waals surface area contributed by atoms with Crippen molar-refractivity contribution in [3.8, 4) is 0 Å². The van der Waals surface area contributed by atoms with Gasteiger partial charge in [-0.25, -0.2) is 0 Å². The molecule has 1 aromatic rings. The molecule has 0 saturated carbocycles. The van der Waals surface area contributed by atoms with Gasteiger partial charge in [-0.05, 0) is 56.8 Å². The molecule has 1 fully saturated rings. The van der Waals surface area contributed by atoms with Gasteiger partial charge in [0.05, 0.1) is 12.0 Å². The summed E-state index contributed by atoms with van der Waals surface area (Å²) < 4.78 is 5.48. The number of likely N-dealkylation sites (tertiary alicyclic amines) is 1. The van der Waals surface area contributed by atoms with E-state index in [4.69, 9.17) is 4.74 Å². The Morgan fingerprint density at radius 3 is 3.05 bits per heavy atom. The smallest absolute Gasteiger partial charge is 0.316 e. The van der Waals surface area contributed by atoms with Gasteiger partial charge >= 0.3 is 5.97 Å². The summed E-state index contributed by atoms with van der Waals surface area (Å²) >= 11 is 0. The second-order valence-electron chi connectivity index (χ2n) is 6.10. The van der Waals surface area contributed by atoms with E-state index in [9.17, 15) is 4.79 Å². The molecule has 1 heterocycles. The Morgan fingerprint density at radius 1 is 1.45 bits per heavy atom. The minimum Gasteiger partial charge on any atom is -0.465 e. The molecule has 1 aliphatic carbocycles. The van der Waals surface area contributed by atoms with E-state index in [1.54, 1.807) is 0 Å². The predicted molar refractivity (Wildman–Crippen MR) is 78.7 cm³/mol. The monoisotopic (exact) mass is 273 g/mol. The van der Waals surface area contributed by atoms with Gasteiger partial charge in [0.2, 0.25) is 0 Å². The summed E-state index contributed by atoms with van der Waals surface area (Å²) in [6.07, 6.45) is 3.04. The Hall–Kier alpha value is -1.35. The van der Waals surface area contributed by atoms with E-state index in [0.29, 0.717) is 12.5 Å². The number of rotatable bonds is 2. The van der Waals surface area contributed by atoms with Crippen molar-refractivity contribution < 1.29 is 9.53 Å². The van der Waals surface area contributed by atoms with Gasteiger partial charge in [0, 0.05) is 6.54 Å². The lowest BCUT2D eigenvalue weighted by Gasteiger charge is -2.48. The highest BCUT2D eigenvalue weighted by atomic mass is 16.5. The van der Waals surface area contributed by atoms with Crippen LogP contribution >= 0.6 is 0 Å². The molecule has 2 atom stereocenters. The summed E-state index contributed by atoms with van der Waals surface area (Å²) in [4.78, 5) is 15.1. The van der Waals surface area contributed by atoms with Gasteiger partial charge in [-0.15, -0.1) is 0 Å². The van der Waals surface area contributed by atoms with Gasteiger partial charge in [-0.3, -0.25) is 4.79 Å². The first-order valence-electron chi connectivity index (χ1n) is 7.62. The third-order valence-electron chi connectivity index (χ3n) is 5.02. The third kappa shape index (κ3) is 1.96. The first-order chi connectivity index (χ1) is 9.68. The van der Waals surface area contributed by atoms with Crippen molar-refractivity contribution in [1.82, 2.24) is 4.90 Å². The molecule has 1 aliphatic heterocycles. The molecular weight excluding hydrogens is 250 g/mol. The molecule has 2 aliphatic rings. The Morgan fingerprint density at radius 2 is 2.25 bits per heavy atom. The summed E-state index contributed by atoms with van der Waals surface area (Å²) in [6.45, 7) is 4.31. The number of hydrogen-bond donors (Lipinski definition) is 0. The van der Waals surface area contributed by atoms with E-state index in [1.807, 2.05) is 6.92 Å². The van der Waals surface area contributed by atoms with Crippen LogP contribution in [0.2, 0.25) is 0 Å². The van der Waals surface area contributed by atoms with E-state index in [0.717, 1.165) is 32.4 Å². The predicted octanol–water partition coefficient (Wildman–Crippen LogP) is 2.39. The second kappa shape index (κ2) is 5.21. The van der Waals surface area contributed by atoms with Crippen molar-refractivity contribution in [3.63, 3.8) is 0 Å².